The Balaban J connectivity index is 1.83. The summed E-state index contributed by atoms with van der Waals surface area (Å²) in [7, 11) is 0. The van der Waals surface area contributed by atoms with Crippen molar-refractivity contribution in [2.24, 2.45) is 0 Å². The molecule has 2 aliphatic rings. The van der Waals surface area contributed by atoms with E-state index >= 15 is 0 Å². The van der Waals surface area contributed by atoms with Crippen LogP contribution >= 0.6 is 0 Å². The summed E-state index contributed by atoms with van der Waals surface area (Å²) < 4.78 is 0. The zero-order chi connectivity index (χ0) is 13.2. The molecule has 1 aliphatic heterocycles. The van der Waals surface area contributed by atoms with Gasteiger partial charge in [0.05, 0.1) is 0 Å². The molecule has 1 unspecified atom stereocenters. The van der Waals surface area contributed by atoms with Crippen LogP contribution in [0.25, 0.3) is 0 Å². The predicted octanol–water partition coefficient (Wildman–Crippen LogP) is 2.00. The van der Waals surface area contributed by atoms with Gasteiger partial charge < -0.3 is 10.2 Å². The third-order valence-electron chi connectivity index (χ3n) is 4.36. The molecular formula is C16H22N2O. The first-order chi connectivity index (χ1) is 9.25. The number of aryl methyl sites for hydroxylation is 2. The minimum Gasteiger partial charge on any atom is -0.333 e. The third-order valence-corrected chi connectivity index (χ3v) is 4.36. The van der Waals surface area contributed by atoms with E-state index < -0.39 is 0 Å². The first kappa shape index (κ1) is 12.7. The number of fused-ring (bicyclic) bond motifs is 1. The molecule has 1 aliphatic carbocycles. The molecule has 3 rings (SSSR count). The summed E-state index contributed by atoms with van der Waals surface area (Å²) >= 11 is 0. The molecule has 0 bridgehead atoms. The fourth-order valence-electron chi connectivity index (χ4n) is 3.18. The summed E-state index contributed by atoms with van der Waals surface area (Å²) in [4.78, 5) is 14.6. The lowest BCUT2D eigenvalue weighted by Crippen LogP contribution is -2.52. The number of benzene rings is 1. The highest BCUT2D eigenvalue weighted by molar-refractivity contribution is 5.94. The second-order valence-corrected chi connectivity index (χ2v) is 5.74. The lowest BCUT2D eigenvalue weighted by molar-refractivity contribution is 0.0655. The molecule has 1 fully saturated rings. The first-order valence-electron chi connectivity index (χ1n) is 7.39. The zero-order valence-corrected chi connectivity index (χ0v) is 11.6. The molecule has 3 heteroatoms. The van der Waals surface area contributed by atoms with Crippen molar-refractivity contribution in [3.63, 3.8) is 0 Å². The lowest BCUT2D eigenvalue weighted by atomic mass is 9.90. The Hall–Kier alpha value is -1.35. The van der Waals surface area contributed by atoms with Gasteiger partial charge in [-0.2, -0.15) is 0 Å². The van der Waals surface area contributed by atoms with Crippen molar-refractivity contribution in [3.05, 3.63) is 34.9 Å². The van der Waals surface area contributed by atoms with Gasteiger partial charge in [-0.3, -0.25) is 4.79 Å². The Bertz CT molecular complexity index is 484. The molecule has 1 saturated heterocycles. The van der Waals surface area contributed by atoms with Crippen LogP contribution in [0.2, 0.25) is 0 Å². The second kappa shape index (κ2) is 5.33. The molecule has 19 heavy (non-hydrogen) atoms. The molecule has 0 saturated carbocycles. The van der Waals surface area contributed by atoms with Crippen molar-refractivity contribution < 1.29 is 4.79 Å². The Kier molecular flexibility index (Phi) is 3.56. The number of nitrogens with one attached hydrogen (secondary N) is 1. The van der Waals surface area contributed by atoms with Crippen LogP contribution in [-0.4, -0.2) is 36.5 Å². The van der Waals surface area contributed by atoms with Gasteiger partial charge in [0.1, 0.15) is 0 Å². The van der Waals surface area contributed by atoms with Crippen molar-refractivity contribution in [2.75, 3.05) is 19.6 Å². The van der Waals surface area contributed by atoms with Crippen LogP contribution in [0.1, 0.15) is 41.3 Å². The second-order valence-electron chi connectivity index (χ2n) is 5.74. The Labute approximate surface area is 115 Å². The van der Waals surface area contributed by atoms with Crippen LogP contribution in [0.3, 0.4) is 0 Å². The molecule has 3 nitrogen and oxygen atoms in total. The van der Waals surface area contributed by atoms with Crippen LogP contribution in [0.15, 0.2) is 18.2 Å². The van der Waals surface area contributed by atoms with Gasteiger partial charge in [-0.25, -0.2) is 0 Å². The molecule has 1 aromatic rings. The van der Waals surface area contributed by atoms with E-state index in [2.05, 4.69) is 24.4 Å². The summed E-state index contributed by atoms with van der Waals surface area (Å²) in [6.45, 7) is 4.73. The maximum atomic E-state index is 12.6. The van der Waals surface area contributed by atoms with Crippen LogP contribution in [0, 0.1) is 0 Å². The van der Waals surface area contributed by atoms with Gasteiger partial charge >= 0.3 is 0 Å². The molecule has 0 aromatic heterocycles. The SMILES string of the molecule is CC1CNCCN1C(=O)c1ccc2c(c1)CCCC2. The average molecular weight is 258 g/mol. The molecule has 1 atom stereocenters. The van der Waals surface area contributed by atoms with Crippen LogP contribution in [0.5, 0.6) is 0 Å². The van der Waals surface area contributed by atoms with Gasteiger partial charge in [0.2, 0.25) is 0 Å². The van der Waals surface area contributed by atoms with Gasteiger partial charge in [-0.1, -0.05) is 6.07 Å². The van der Waals surface area contributed by atoms with Gasteiger partial charge in [0.25, 0.3) is 5.91 Å². The van der Waals surface area contributed by atoms with E-state index in [1.165, 1.54) is 30.4 Å². The van der Waals surface area contributed by atoms with E-state index in [-0.39, 0.29) is 11.9 Å². The smallest absolute Gasteiger partial charge is 0.254 e. The topological polar surface area (TPSA) is 32.3 Å². The number of rotatable bonds is 1. The van der Waals surface area contributed by atoms with Crippen LogP contribution in [-0.2, 0) is 12.8 Å². The standard InChI is InChI=1S/C16H22N2O/c1-12-11-17-8-9-18(12)16(19)15-7-6-13-4-2-3-5-14(13)10-15/h6-7,10,12,17H,2-5,8-9,11H2,1H3. The number of hydrogen-bond acceptors (Lipinski definition) is 2. The molecule has 1 heterocycles. The van der Waals surface area contributed by atoms with E-state index in [4.69, 9.17) is 0 Å². The van der Waals surface area contributed by atoms with Crippen molar-refractivity contribution in [1.82, 2.24) is 10.2 Å². The van der Waals surface area contributed by atoms with Crippen molar-refractivity contribution in [1.29, 1.82) is 0 Å². The quantitative estimate of drug-likeness (QED) is 0.835. The molecule has 1 N–H and O–H groups in total. The average Bonchev–Trinajstić information content (AvgIpc) is 2.46. The molecule has 1 amide bonds. The number of amides is 1. The number of nitrogens with zero attached hydrogens (tertiary/aromatic N) is 1. The minimum atomic E-state index is 0.197. The number of carbonyl (C=O) groups excluding carboxylic acids is 1. The van der Waals surface area contributed by atoms with Crippen LogP contribution in [0.4, 0.5) is 0 Å². The molecule has 0 spiro atoms. The molecular weight excluding hydrogens is 236 g/mol. The number of carbonyl (C=O) groups is 1. The zero-order valence-electron chi connectivity index (χ0n) is 11.6. The maximum absolute atomic E-state index is 12.6. The van der Waals surface area contributed by atoms with Gasteiger partial charge in [0.15, 0.2) is 0 Å². The minimum absolute atomic E-state index is 0.197. The summed E-state index contributed by atoms with van der Waals surface area (Å²) in [5.41, 5.74) is 3.70. The van der Waals surface area contributed by atoms with Crippen molar-refractivity contribution >= 4 is 5.91 Å². The predicted molar refractivity (Wildman–Crippen MR) is 76.5 cm³/mol. The van der Waals surface area contributed by atoms with Gasteiger partial charge in [-0.15, -0.1) is 0 Å². The van der Waals surface area contributed by atoms with E-state index in [1.54, 1.807) is 0 Å². The number of hydrogen-bond donors (Lipinski definition) is 1. The largest absolute Gasteiger partial charge is 0.333 e. The summed E-state index contributed by atoms with van der Waals surface area (Å²) in [5, 5.41) is 3.33. The summed E-state index contributed by atoms with van der Waals surface area (Å²) in [6.07, 6.45) is 4.85. The van der Waals surface area contributed by atoms with E-state index in [9.17, 15) is 4.79 Å². The Morgan fingerprint density at radius 1 is 1.26 bits per heavy atom. The van der Waals surface area contributed by atoms with Crippen LogP contribution < -0.4 is 5.32 Å². The van der Waals surface area contributed by atoms with E-state index in [0.717, 1.165) is 31.6 Å². The molecule has 0 radical (unpaired) electrons. The molecule has 102 valence electrons. The van der Waals surface area contributed by atoms with E-state index in [0.29, 0.717) is 0 Å². The fourth-order valence-corrected chi connectivity index (χ4v) is 3.18. The third kappa shape index (κ3) is 2.52. The van der Waals surface area contributed by atoms with Crippen molar-refractivity contribution in [2.45, 2.75) is 38.6 Å². The maximum Gasteiger partial charge on any atom is 0.254 e. The molecule has 1 aromatic carbocycles. The lowest BCUT2D eigenvalue weighted by Gasteiger charge is -2.34. The van der Waals surface area contributed by atoms with E-state index in [1.807, 2.05) is 11.0 Å². The number of piperazine rings is 1. The van der Waals surface area contributed by atoms with Crippen molar-refractivity contribution in [3.8, 4) is 0 Å². The highest BCUT2D eigenvalue weighted by atomic mass is 16.2. The first-order valence-corrected chi connectivity index (χ1v) is 7.39. The van der Waals surface area contributed by atoms with Gasteiger partial charge in [0, 0.05) is 31.2 Å². The normalized spacial score (nSPS) is 23.0. The monoisotopic (exact) mass is 258 g/mol. The Morgan fingerprint density at radius 2 is 2.05 bits per heavy atom. The summed E-state index contributed by atoms with van der Waals surface area (Å²) in [5.74, 6) is 0.197. The fraction of sp³-hybridized carbons (Fsp3) is 0.562. The van der Waals surface area contributed by atoms with Gasteiger partial charge in [-0.05, 0) is 55.9 Å². The highest BCUT2D eigenvalue weighted by Gasteiger charge is 2.24. The highest BCUT2D eigenvalue weighted by Crippen LogP contribution is 2.23. The Morgan fingerprint density at radius 3 is 2.84 bits per heavy atom. The summed E-state index contributed by atoms with van der Waals surface area (Å²) in [6, 6.07) is 6.60.